The van der Waals surface area contributed by atoms with Crippen LogP contribution < -0.4 is 0 Å². The summed E-state index contributed by atoms with van der Waals surface area (Å²) in [5.41, 5.74) is 1.78. The highest BCUT2D eigenvalue weighted by atomic mass is 16.5. The second-order valence-electron chi connectivity index (χ2n) is 5.51. The summed E-state index contributed by atoms with van der Waals surface area (Å²) in [5.74, 6) is 8.32. The summed E-state index contributed by atoms with van der Waals surface area (Å²) in [5, 5.41) is 8.63. The van der Waals surface area contributed by atoms with Crippen molar-refractivity contribution >= 4 is 0 Å². The molecule has 0 aromatic carbocycles. The van der Waals surface area contributed by atoms with Crippen LogP contribution in [0.2, 0.25) is 0 Å². The Bertz CT molecular complexity index is 529. The summed E-state index contributed by atoms with van der Waals surface area (Å²) < 4.78 is 5.30. The van der Waals surface area contributed by atoms with Gasteiger partial charge in [0.25, 0.3) is 0 Å². The summed E-state index contributed by atoms with van der Waals surface area (Å²) in [6.45, 7) is 4.37. The Morgan fingerprint density at radius 1 is 1.25 bits per heavy atom. The maximum atomic E-state index is 5.30. The van der Waals surface area contributed by atoms with Crippen LogP contribution in [-0.4, -0.2) is 7.11 Å². The molecular weight excluding hydrogens is 248 g/mol. The Morgan fingerprint density at radius 2 is 2.10 bits per heavy atom. The van der Waals surface area contributed by atoms with E-state index >= 15 is 0 Å². The van der Waals surface area contributed by atoms with Crippen molar-refractivity contribution < 1.29 is 4.74 Å². The number of nitrogens with zero attached hydrogens (tertiary/aromatic N) is 2. The minimum absolute atomic E-state index is 0.359. The van der Waals surface area contributed by atoms with Crippen LogP contribution in [0.4, 0.5) is 0 Å². The maximum absolute atomic E-state index is 5.30. The van der Waals surface area contributed by atoms with Gasteiger partial charge >= 0.3 is 0 Å². The van der Waals surface area contributed by atoms with Gasteiger partial charge in [-0.25, -0.2) is 0 Å². The summed E-state index contributed by atoms with van der Waals surface area (Å²) in [6, 6.07) is 0. The molecule has 0 bridgehead atoms. The van der Waals surface area contributed by atoms with Gasteiger partial charge in [-0.2, -0.15) is 5.11 Å². The summed E-state index contributed by atoms with van der Waals surface area (Å²) >= 11 is 0. The van der Waals surface area contributed by atoms with E-state index in [0.29, 0.717) is 11.8 Å². The van der Waals surface area contributed by atoms with Crippen molar-refractivity contribution in [1.29, 1.82) is 0 Å². The van der Waals surface area contributed by atoms with Crippen molar-refractivity contribution in [3.63, 3.8) is 0 Å². The Hall–Kier alpha value is -1.82. The molecule has 2 rings (SSSR count). The SMILES string of the molecule is COC1=CC=C(/N=N/C2=C/CCC(C)CC#C2)C[C@H]1C. The Labute approximate surface area is 121 Å². The third-order valence-electron chi connectivity index (χ3n) is 3.63. The molecular formula is C17H22N2O. The van der Waals surface area contributed by atoms with Gasteiger partial charge in [-0.05, 0) is 42.9 Å². The van der Waals surface area contributed by atoms with E-state index in [1.165, 1.54) is 6.42 Å². The number of azo groups is 1. The van der Waals surface area contributed by atoms with E-state index in [9.17, 15) is 0 Å². The van der Waals surface area contributed by atoms with E-state index < -0.39 is 0 Å². The van der Waals surface area contributed by atoms with Gasteiger partial charge < -0.3 is 4.74 Å². The molecule has 3 nitrogen and oxygen atoms in total. The van der Waals surface area contributed by atoms with Crippen LogP contribution in [0.5, 0.6) is 0 Å². The van der Waals surface area contributed by atoms with Gasteiger partial charge in [0.05, 0.1) is 18.6 Å². The zero-order valence-corrected chi connectivity index (χ0v) is 12.5. The molecule has 2 atom stereocenters. The predicted octanol–water partition coefficient (Wildman–Crippen LogP) is 4.60. The fourth-order valence-corrected chi connectivity index (χ4v) is 2.33. The number of methoxy groups -OCH3 is 1. The molecule has 3 heteroatoms. The van der Waals surface area contributed by atoms with E-state index in [1.54, 1.807) is 7.11 Å². The van der Waals surface area contributed by atoms with Crippen LogP contribution in [0.1, 0.15) is 39.5 Å². The second kappa shape index (κ2) is 7.09. The fourth-order valence-electron chi connectivity index (χ4n) is 2.33. The molecule has 0 fully saturated rings. The number of hydrogen-bond donors (Lipinski definition) is 0. The number of rotatable bonds is 3. The number of hydrogen-bond acceptors (Lipinski definition) is 3. The molecule has 1 unspecified atom stereocenters. The van der Waals surface area contributed by atoms with Crippen LogP contribution in [-0.2, 0) is 4.74 Å². The smallest absolute Gasteiger partial charge is 0.131 e. The van der Waals surface area contributed by atoms with Gasteiger partial charge in [0.15, 0.2) is 0 Å². The molecule has 0 radical (unpaired) electrons. The lowest BCUT2D eigenvalue weighted by Crippen LogP contribution is -2.05. The lowest BCUT2D eigenvalue weighted by molar-refractivity contribution is 0.244. The molecule has 0 saturated carbocycles. The molecule has 20 heavy (non-hydrogen) atoms. The van der Waals surface area contributed by atoms with Gasteiger partial charge in [0, 0.05) is 18.8 Å². The van der Waals surface area contributed by atoms with Gasteiger partial charge in [0.2, 0.25) is 0 Å². The minimum atomic E-state index is 0.359. The predicted molar refractivity (Wildman–Crippen MR) is 80.7 cm³/mol. The van der Waals surface area contributed by atoms with Gasteiger partial charge in [0.1, 0.15) is 5.70 Å². The van der Waals surface area contributed by atoms with Crippen molar-refractivity contribution in [2.45, 2.75) is 39.5 Å². The van der Waals surface area contributed by atoms with Crippen molar-refractivity contribution in [3.8, 4) is 11.8 Å². The van der Waals surface area contributed by atoms with E-state index in [0.717, 1.165) is 36.4 Å². The highest BCUT2D eigenvalue weighted by Crippen LogP contribution is 2.26. The molecule has 0 aromatic rings. The molecule has 0 aliphatic heterocycles. The third-order valence-corrected chi connectivity index (χ3v) is 3.63. The summed E-state index contributed by atoms with van der Waals surface area (Å²) in [6.07, 6.45) is 10.1. The minimum Gasteiger partial charge on any atom is -0.501 e. The first kappa shape index (κ1) is 14.6. The first-order chi connectivity index (χ1) is 9.69. The zero-order chi connectivity index (χ0) is 14.4. The first-order valence-electron chi connectivity index (χ1n) is 7.24. The largest absolute Gasteiger partial charge is 0.501 e. The summed E-state index contributed by atoms with van der Waals surface area (Å²) in [7, 11) is 1.71. The van der Waals surface area contributed by atoms with E-state index in [1.807, 2.05) is 12.2 Å². The van der Waals surface area contributed by atoms with E-state index in [-0.39, 0.29) is 0 Å². The number of ether oxygens (including phenoxy) is 1. The highest BCUT2D eigenvalue weighted by molar-refractivity contribution is 5.29. The normalized spacial score (nSPS) is 29.2. The highest BCUT2D eigenvalue weighted by Gasteiger charge is 2.15. The van der Waals surface area contributed by atoms with Gasteiger partial charge in [-0.3, -0.25) is 0 Å². The molecule has 106 valence electrons. The van der Waals surface area contributed by atoms with Crippen molar-refractivity contribution in [3.05, 3.63) is 35.4 Å². The van der Waals surface area contributed by atoms with Crippen LogP contribution in [0.3, 0.4) is 0 Å². The summed E-state index contributed by atoms with van der Waals surface area (Å²) in [4.78, 5) is 0. The molecule has 0 spiro atoms. The Balaban J connectivity index is 2.03. The van der Waals surface area contributed by atoms with Crippen LogP contribution in [0, 0.1) is 23.7 Å². The van der Waals surface area contributed by atoms with Crippen LogP contribution in [0.25, 0.3) is 0 Å². The number of allylic oxidation sites excluding steroid dienone is 6. The standard InChI is InChI=1S/C17H22N2O/c1-13-6-4-8-15(9-5-7-13)18-19-16-10-11-17(20-3)14(2)12-16/h8,10-11,13-14H,4,6-7,12H2,1-3H3/b15-8+,19-18+/t13?,14-/m1/s1. The molecule has 0 N–H and O–H groups in total. The molecule has 2 aliphatic rings. The average Bonchev–Trinajstić information content (AvgIpc) is 2.41. The van der Waals surface area contributed by atoms with Gasteiger partial charge in [-0.15, -0.1) is 5.11 Å². The van der Waals surface area contributed by atoms with Crippen molar-refractivity contribution in [2.24, 2.45) is 22.1 Å². The molecule has 0 saturated heterocycles. The molecule has 0 heterocycles. The quantitative estimate of drug-likeness (QED) is 0.545. The topological polar surface area (TPSA) is 34.0 Å². The van der Waals surface area contributed by atoms with Crippen molar-refractivity contribution in [2.75, 3.05) is 7.11 Å². The Kier molecular flexibility index (Phi) is 5.17. The monoisotopic (exact) mass is 270 g/mol. The molecule has 0 amide bonds. The average molecular weight is 270 g/mol. The lowest BCUT2D eigenvalue weighted by Gasteiger charge is -2.17. The second-order valence-corrected chi connectivity index (χ2v) is 5.51. The van der Waals surface area contributed by atoms with E-state index in [2.05, 4.69) is 42.0 Å². The zero-order valence-electron chi connectivity index (χ0n) is 12.5. The first-order valence-corrected chi connectivity index (χ1v) is 7.24. The Morgan fingerprint density at radius 3 is 2.85 bits per heavy atom. The lowest BCUT2D eigenvalue weighted by atomic mass is 9.98. The van der Waals surface area contributed by atoms with Gasteiger partial charge in [-0.1, -0.05) is 19.8 Å². The van der Waals surface area contributed by atoms with E-state index in [4.69, 9.17) is 4.74 Å². The molecule has 0 aromatic heterocycles. The van der Waals surface area contributed by atoms with Crippen LogP contribution >= 0.6 is 0 Å². The van der Waals surface area contributed by atoms with Crippen molar-refractivity contribution in [1.82, 2.24) is 0 Å². The molecule has 2 aliphatic carbocycles. The third kappa shape index (κ3) is 4.09. The van der Waals surface area contributed by atoms with Crippen LogP contribution in [0.15, 0.2) is 45.6 Å². The maximum Gasteiger partial charge on any atom is 0.131 e. The fraction of sp³-hybridized carbons (Fsp3) is 0.529.